The molecule has 2 aliphatic rings. The number of pyridine rings is 2. The average Bonchev–Trinajstić information content (AvgIpc) is 1.51. The Morgan fingerprint density at radius 1 is 0.534 bits per heavy atom. The maximum Gasteiger partial charge on any atom is 0.263 e. The van der Waals surface area contributed by atoms with Crippen molar-refractivity contribution in [3.63, 3.8) is 0 Å². The third-order valence-corrected chi connectivity index (χ3v) is 18.4. The van der Waals surface area contributed by atoms with Gasteiger partial charge in [-0.1, -0.05) is 92.5 Å². The average molecular weight is 1300 g/mol. The number of benzene rings is 4. The number of carbonyl (C=O) groups excluding carboxylic acids is 2. The van der Waals surface area contributed by atoms with Crippen LogP contribution in [0.25, 0.3) is 45.7 Å². The molecule has 0 saturated carbocycles. The van der Waals surface area contributed by atoms with Crippen molar-refractivity contribution in [3.8, 4) is 34.4 Å². The molecule has 2 atom stereocenters. The third-order valence-electron chi connectivity index (χ3n) is 16.6. The van der Waals surface area contributed by atoms with Crippen molar-refractivity contribution in [2.45, 2.75) is 78.6 Å². The van der Waals surface area contributed by atoms with Gasteiger partial charge in [-0.3, -0.25) is 19.2 Å². The highest BCUT2D eigenvalue weighted by molar-refractivity contribution is 9.10. The second-order valence-electron chi connectivity index (χ2n) is 22.5. The maximum atomic E-state index is 14.4. The Balaban J connectivity index is 0.000000162. The Labute approximate surface area is 521 Å². The summed E-state index contributed by atoms with van der Waals surface area (Å²) in [5, 5.41) is 25.9. The van der Waals surface area contributed by atoms with E-state index in [1.807, 2.05) is 179 Å². The van der Waals surface area contributed by atoms with Crippen LogP contribution in [0, 0.1) is 13.8 Å². The van der Waals surface area contributed by atoms with Gasteiger partial charge < -0.3 is 18.9 Å². The number of rotatable bonds is 10. The topological polar surface area (TPSA) is 206 Å². The molecule has 10 heterocycles. The number of hydrogen-bond donors (Lipinski definition) is 0. The van der Waals surface area contributed by atoms with Crippen molar-refractivity contribution in [2.24, 2.45) is 14.1 Å². The van der Waals surface area contributed by atoms with Crippen LogP contribution in [0.2, 0.25) is 0 Å². The summed E-state index contributed by atoms with van der Waals surface area (Å²) in [5.41, 5.74) is 12.4. The van der Waals surface area contributed by atoms with Crippen LogP contribution in [0.1, 0.15) is 90.5 Å². The van der Waals surface area contributed by atoms with Crippen molar-refractivity contribution in [1.82, 2.24) is 77.7 Å². The minimum atomic E-state index is -0.192. The molecular formula is C66H58Br2N16O4. The molecule has 2 amide bonds. The third kappa shape index (κ3) is 10.5. The smallest absolute Gasteiger partial charge is 0.263 e. The molecule has 22 heteroatoms. The largest absolute Gasteiger partial charge is 0.330 e. The molecule has 0 bridgehead atoms. The molecule has 0 spiro atoms. The fourth-order valence-corrected chi connectivity index (χ4v) is 12.4. The van der Waals surface area contributed by atoms with Gasteiger partial charge in [0.25, 0.3) is 22.9 Å². The monoisotopic (exact) mass is 1300 g/mol. The van der Waals surface area contributed by atoms with Gasteiger partial charge in [0.15, 0.2) is 11.6 Å². The Morgan fingerprint density at radius 2 is 0.943 bits per heavy atom. The molecule has 0 radical (unpaired) electrons. The standard InChI is InChI=1S/2C33H29BrN8O2/c2*1-20-13-23(9-11-27(20)34)32(43)40-18-28-26(14-21(40)2)33(44)41(29-12-10-24(16-35-29)30-38-36-19-39(30)3)31-25(17-37-42(28)31)15-22-7-5-4-6-8-22/h2*4-13,16-17,19,21H,14-15,18H2,1-3H3/t2*21-/m10/s1. The van der Waals surface area contributed by atoms with E-state index in [0.717, 1.165) is 64.8 Å². The van der Waals surface area contributed by atoms with E-state index < -0.39 is 0 Å². The fraction of sp³-hybridized carbons (Fsp3) is 0.212. The van der Waals surface area contributed by atoms with Gasteiger partial charge in [0, 0.05) is 105 Å². The zero-order valence-corrected chi connectivity index (χ0v) is 52.1. The SMILES string of the molecule is Cc1cc(C(=O)N2Cc3c(c(=O)n(-c4ccc(-c5nncn5C)cn4)c4c(Cc5ccccc5)cnn34)C[C@@H]2C)ccc1Br.Cc1cc(C(=O)N2Cc3c(c(=O)n(-c4ccc(-c5nncn5C)cn4)c4c(Cc5ccccc5)cnn34)C[C@H]2C)ccc1Br. The molecule has 14 rings (SSSR count). The molecule has 4 aromatic carbocycles. The first-order valence-electron chi connectivity index (χ1n) is 28.7. The molecule has 88 heavy (non-hydrogen) atoms. The highest BCUT2D eigenvalue weighted by Crippen LogP contribution is 2.31. The first-order chi connectivity index (χ1) is 42.6. The molecule has 2 aliphatic heterocycles. The summed E-state index contributed by atoms with van der Waals surface area (Å²) in [6, 6.07) is 38.5. The predicted molar refractivity (Wildman–Crippen MR) is 339 cm³/mol. The summed E-state index contributed by atoms with van der Waals surface area (Å²) in [6.07, 6.45) is 12.3. The molecule has 440 valence electrons. The summed E-state index contributed by atoms with van der Waals surface area (Å²) >= 11 is 7.05. The predicted octanol–water partition coefficient (Wildman–Crippen LogP) is 9.85. The fourth-order valence-electron chi connectivity index (χ4n) is 11.9. The highest BCUT2D eigenvalue weighted by atomic mass is 79.9. The van der Waals surface area contributed by atoms with E-state index >= 15 is 0 Å². The maximum absolute atomic E-state index is 14.4. The number of nitrogens with zero attached hydrogens (tertiary/aromatic N) is 16. The minimum absolute atomic E-state index is 0.0752. The number of fused-ring (bicyclic) bond motifs is 6. The molecule has 12 aromatic rings. The zero-order chi connectivity index (χ0) is 61.1. The van der Waals surface area contributed by atoms with E-state index in [2.05, 4.69) is 76.5 Å². The van der Waals surface area contributed by atoms with Gasteiger partial charge >= 0.3 is 0 Å². The van der Waals surface area contributed by atoms with Gasteiger partial charge in [0.2, 0.25) is 0 Å². The summed E-state index contributed by atoms with van der Waals surface area (Å²) in [4.78, 5) is 69.5. The van der Waals surface area contributed by atoms with Gasteiger partial charge in [-0.15, -0.1) is 20.4 Å². The number of amides is 2. The van der Waals surface area contributed by atoms with Crippen LogP contribution in [0.15, 0.2) is 177 Å². The first kappa shape index (κ1) is 57.3. The Kier molecular flexibility index (Phi) is 15.3. The highest BCUT2D eigenvalue weighted by Gasteiger charge is 2.36. The molecule has 0 saturated heterocycles. The van der Waals surface area contributed by atoms with Crippen molar-refractivity contribution >= 4 is 55.0 Å². The van der Waals surface area contributed by atoms with Gasteiger partial charge in [-0.05, 0) is 123 Å². The molecule has 0 aliphatic carbocycles. The van der Waals surface area contributed by atoms with Crippen LogP contribution in [0.3, 0.4) is 0 Å². The molecule has 0 N–H and O–H groups in total. The Bertz CT molecular complexity index is 4500. The van der Waals surface area contributed by atoms with Crippen LogP contribution in [0.5, 0.6) is 0 Å². The minimum Gasteiger partial charge on any atom is -0.330 e. The molecule has 8 aromatic heterocycles. The van der Waals surface area contributed by atoms with Crippen LogP contribution in [0.4, 0.5) is 0 Å². The first-order valence-corrected chi connectivity index (χ1v) is 30.3. The molecule has 0 unspecified atom stereocenters. The van der Waals surface area contributed by atoms with Crippen molar-refractivity contribution in [3.05, 3.63) is 255 Å². The number of hydrogen-bond acceptors (Lipinski definition) is 12. The quantitative estimate of drug-likeness (QED) is 0.125. The lowest BCUT2D eigenvalue weighted by atomic mass is 9.98. The van der Waals surface area contributed by atoms with E-state index in [-0.39, 0.29) is 48.1 Å². The van der Waals surface area contributed by atoms with Gasteiger partial charge in [-0.25, -0.2) is 28.1 Å². The van der Waals surface area contributed by atoms with Gasteiger partial charge in [0.05, 0.1) is 36.9 Å². The number of halogens is 2. The second kappa shape index (κ2) is 23.5. The lowest BCUT2D eigenvalue weighted by Crippen LogP contribution is -2.46. The van der Waals surface area contributed by atoms with Crippen molar-refractivity contribution < 1.29 is 9.59 Å². The summed E-state index contributed by atoms with van der Waals surface area (Å²) in [6.45, 7) is 8.43. The summed E-state index contributed by atoms with van der Waals surface area (Å²) in [7, 11) is 3.74. The van der Waals surface area contributed by atoms with Crippen molar-refractivity contribution in [1.29, 1.82) is 0 Å². The Hall–Kier alpha value is -9.80. The normalized spacial score (nSPS) is 14.6. The van der Waals surface area contributed by atoms with Gasteiger partial charge in [-0.2, -0.15) is 10.2 Å². The van der Waals surface area contributed by atoms with E-state index in [1.165, 1.54) is 0 Å². The van der Waals surface area contributed by atoms with E-state index in [1.54, 1.807) is 34.2 Å². The van der Waals surface area contributed by atoms with Crippen LogP contribution < -0.4 is 11.1 Å². The lowest BCUT2D eigenvalue weighted by molar-refractivity contribution is 0.0643. The number of aryl methyl sites for hydroxylation is 4. The van der Waals surface area contributed by atoms with E-state index in [0.29, 0.717) is 82.5 Å². The van der Waals surface area contributed by atoms with Crippen LogP contribution in [-0.4, -0.2) is 102 Å². The van der Waals surface area contributed by atoms with Crippen LogP contribution in [-0.2, 0) is 52.9 Å². The second-order valence-corrected chi connectivity index (χ2v) is 24.2. The Morgan fingerprint density at radius 3 is 1.30 bits per heavy atom. The summed E-state index contributed by atoms with van der Waals surface area (Å²) in [5.74, 6) is 2.18. The zero-order valence-electron chi connectivity index (χ0n) is 49.0. The number of aromatic nitrogens is 14. The van der Waals surface area contributed by atoms with Gasteiger partial charge in [0.1, 0.15) is 35.6 Å². The van der Waals surface area contributed by atoms with E-state index in [4.69, 9.17) is 20.2 Å². The summed E-state index contributed by atoms with van der Waals surface area (Å²) < 4.78 is 12.5. The van der Waals surface area contributed by atoms with Crippen LogP contribution >= 0.6 is 31.9 Å². The number of carbonyl (C=O) groups is 2. The molecule has 0 fully saturated rings. The molecule has 20 nitrogen and oxygen atoms in total. The lowest BCUT2D eigenvalue weighted by Gasteiger charge is -2.35. The molecular weight excluding hydrogens is 1240 g/mol. The van der Waals surface area contributed by atoms with E-state index in [9.17, 15) is 19.2 Å². The van der Waals surface area contributed by atoms with Crippen molar-refractivity contribution in [2.75, 3.05) is 0 Å².